The molecular formula is C9H22N2. The molecular weight excluding hydrogens is 136 g/mol. The molecule has 0 aromatic rings. The van der Waals surface area contributed by atoms with Crippen LogP contribution in [-0.2, 0) is 0 Å². The molecule has 0 atom stereocenters. The van der Waals surface area contributed by atoms with Crippen LogP contribution in [-0.4, -0.2) is 12.7 Å². The Morgan fingerprint density at radius 1 is 1.18 bits per heavy atom. The van der Waals surface area contributed by atoms with E-state index in [9.17, 15) is 0 Å². The van der Waals surface area contributed by atoms with Gasteiger partial charge in [-0.2, -0.15) is 0 Å². The number of nitrogens with two attached hydrogens (primary N) is 1. The molecule has 2 nitrogen and oxygen atoms in total. The van der Waals surface area contributed by atoms with E-state index in [-0.39, 0.29) is 0 Å². The molecule has 68 valence electrons. The first-order chi connectivity index (χ1) is 5.43. The Kier molecular flexibility index (Phi) is 7.96. The Balaban J connectivity index is 0.000000461. The van der Waals surface area contributed by atoms with Crippen LogP contribution < -0.4 is 11.1 Å². The van der Waals surface area contributed by atoms with E-state index in [4.69, 9.17) is 5.73 Å². The highest BCUT2D eigenvalue weighted by molar-refractivity contribution is 4.70. The minimum Gasteiger partial charge on any atom is -0.318 e. The maximum atomic E-state index is 5.35. The molecule has 1 saturated carbocycles. The standard InChI is InChI=1S/C7H16N2.C2H6/c8-6-9-7-4-2-1-3-5-7;1-2/h7,9H,1-6,8H2;1-2H3. The van der Waals surface area contributed by atoms with Crippen LogP contribution in [0.25, 0.3) is 0 Å². The minimum absolute atomic E-state index is 0.644. The number of rotatable bonds is 2. The highest BCUT2D eigenvalue weighted by Crippen LogP contribution is 2.16. The van der Waals surface area contributed by atoms with Crippen molar-refractivity contribution < 1.29 is 0 Å². The van der Waals surface area contributed by atoms with Gasteiger partial charge in [-0.25, -0.2) is 0 Å². The van der Waals surface area contributed by atoms with Crippen LogP contribution in [0.5, 0.6) is 0 Å². The van der Waals surface area contributed by atoms with Gasteiger partial charge in [-0.1, -0.05) is 33.1 Å². The van der Waals surface area contributed by atoms with Crippen LogP contribution in [0.15, 0.2) is 0 Å². The molecule has 0 aromatic carbocycles. The van der Waals surface area contributed by atoms with E-state index in [0.29, 0.717) is 6.67 Å². The maximum absolute atomic E-state index is 5.35. The highest BCUT2D eigenvalue weighted by atomic mass is 15.0. The lowest BCUT2D eigenvalue weighted by molar-refractivity contribution is 0.377. The topological polar surface area (TPSA) is 38.0 Å². The average Bonchev–Trinajstić information content (AvgIpc) is 2.11. The fraction of sp³-hybridized carbons (Fsp3) is 1.00. The molecule has 0 spiro atoms. The van der Waals surface area contributed by atoms with Gasteiger partial charge < -0.3 is 11.1 Å². The van der Waals surface area contributed by atoms with E-state index in [2.05, 4.69) is 5.32 Å². The average molecular weight is 158 g/mol. The first-order valence-corrected chi connectivity index (χ1v) is 4.87. The van der Waals surface area contributed by atoms with Gasteiger partial charge in [-0.3, -0.25) is 0 Å². The van der Waals surface area contributed by atoms with Crippen molar-refractivity contribution in [2.24, 2.45) is 5.73 Å². The smallest absolute Gasteiger partial charge is 0.0430 e. The zero-order valence-electron chi connectivity index (χ0n) is 7.90. The fourth-order valence-electron chi connectivity index (χ4n) is 1.47. The predicted octanol–water partition coefficient (Wildman–Crippen LogP) is 1.85. The van der Waals surface area contributed by atoms with Gasteiger partial charge in [0.2, 0.25) is 0 Å². The van der Waals surface area contributed by atoms with Gasteiger partial charge in [0.05, 0.1) is 0 Å². The second kappa shape index (κ2) is 8.02. The first-order valence-electron chi connectivity index (χ1n) is 4.87. The third-order valence-corrected chi connectivity index (χ3v) is 2.01. The van der Waals surface area contributed by atoms with Crippen molar-refractivity contribution >= 4 is 0 Å². The van der Waals surface area contributed by atoms with Crippen LogP contribution in [0.4, 0.5) is 0 Å². The van der Waals surface area contributed by atoms with Crippen molar-refractivity contribution in [3.63, 3.8) is 0 Å². The van der Waals surface area contributed by atoms with Gasteiger partial charge >= 0.3 is 0 Å². The number of hydrogen-bond donors (Lipinski definition) is 2. The zero-order chi connectivity index (χ0) is 8.53. The molecule has 0 radical (unpaired) electrons. The van der Waals surface area contributed by atoms with E-state index in [1.807, 2.05) is 13.8 Å². The summed E-state index contributed by atoms with van der Waals surface area (Å²) in [6.07, 6.45) is 6.85. The van der Waals surface area contributed by atoms with Crippen LogP contribution >= 0.6 is 0 Å². The summed E-state index contributed by atoms with van der Waals surface area (Å²) in [6.45, 7) is 4.64. The van der Waals surface area contributed by atoms with Crippen LogP contribution in [0.3, 0.4) is 0 Å². The summed E-state index contributed by atoms with van der Waals surface area (Å²) < 4.78 is 0. The molecule has 1 rings (SSSR count). The molecule has 11 heavy (non-hydrogen) atoms. The molecule has 0 saturated heterocycles. The van der Waals surface area contributed by atoms with E-state index in [1.54, 1.807) is 0 Å². The fourth-order valence-corrected chi connectivity index (χ4v) is 1.47. The van der Waals surface area contributed by atoms with Crippen LogP contribution in [0.2, 0.25) is 0 Å². The zero-order valence-corrected chi connectivity index (χ0v) is 7.90. The summed E-state index contributed by atoms with van der Waals surface area (Å²) in [7, 11) is 0. The molecule has 0 aromatic heterocycles. The second-order valence-corrected chi connectivity index (χ2v) is 2.74. The Hall–Kier alpha value is -0.0800. The molecule has 0 bridgehead atoms. The largest absolute Gasteiger partial charge is 0.318 e. The van der Waals surface area contributed by atoms with E-state index in [0.717, 1.165) is 6.04 Å². The van der Waals surface area contributed by atoms with Gasteiger partial charge in [0.15, 0.2) is 0 Å². The third-order valence-electron chi connectivity index (χ3n) is 2.01. The van der Waals surface area contributed by atoms with Gasteiger partial charge in [0.25, 0.3) is 0 Å². The summed E-state index contributed by atoms with van der Waals surface area (Å²) in [5.74, 6) is 0. The van der Waals surface area contributed by atoms with Crippen LogP contribution in [0.1, 0.15) is 46.0 Å². The SMILES string of the molecule is CC.NCNC1CCCCC1. The molecule has 0 heterocycles. The molecule has 1 fully saturated rings. The maximum Gasteiger partial charge on any atom is 0.0430 e. The molecule has 0 amide bonds. The van der Waals surface area contributed by atoms with E-state index < -0.39 is 0 Å². The number of nitrogens with one attached hydrogen (secondary N) is 1. The van der Waals surface area contributed by atoms with Gasteiger partial charge in [0.1, 0.15) is 0 Å². The highest BCUT2D eigenvalue weighted by Gasteiger charge is 2.10. The van der Waals surface area contributed by atoms with Gasteiger partial charge in [0, 0.05) is 12.7 Å². The molecule has 0 aliphatic heterocycles. The van der Waals surface area contributed by atoms with Crippen molar-refractivity contribution in [1.29, 1.82) is 0 Å². The molecule has 2 heteroatoms. The van der Waals surface area contributed by atoms with E-state index in [1.165, 1.54) is 32.1 Å². The summed E-state index contributed by atoms with van der Waals surface area (Å²) >= 11 is 0. The summed E-state index contributed by atoms with van der Waals surface area (Å²) in [5, 5.41) is 3.26. The molecule has 3 N–H and O–H groups in total. The minimum atomic E-state index is 0.644. The van der Waals surface area contributed by atoms with Crippen molar-refractivity contribution in [3.05, 3.63) is 0 Å². The Morgan fingerprint density at radius 3 is 2.18 bits per heavy atom. The summed E-state index contributed by atoms with van der Waals surface area (Å²) in [5.41, 5.74) is 5.35. The first kappa shape index (κ1) is 10.9. The number of hydrogen-bond acceptors (Lipinski definition) is 2. The van der Waals surface area contributed by atoms with E-state index >= 15 is 0 Å². The lowest BCUT2D eigenvalue weighted by atomic mass is 9.96. The summed E-state index contributed by atoms with van der Waals surface area (Å²) in [6, 6.07) is 0.726. The Morgan fingerprint density at radius 2 is 1.73 bits per heavy atom. The quantitative estimate of drug-likeness (QED) is 0.602. The summed E-state index contributed by atoms with van der Waals surface area (Å²) in [4.78, 5) is 0. The second-order valence-electron chi connectivity index (χ2n) is 2.74. The van der Waals surface area contributed by atoms with Crippen molar-refractivity contribution in [3.8, 4) is 0 Å². The lowest BCUT2D eigenvalue weighted by Crippen LogP contribution is -2.35. The molecule has 1 aliphatic carbocycles. The van der Waals surface area contributed by atoms with Gasteiger partial charge in [-0.05, 0) is 12.8 Å². The van der Waals surface area contributed by atoms with Crippen LogP contribution in [0, 0.1) is 0 Å². The van der Waals surface area contributed by atoms with Crippen molar-refractivity contribution in [2.45, 2.75) is 52.0 Å². The Bertz CT molecular complexity index is 65.2. The lowest BCUT2D eigenvalue weighted by Gasteiger charge is -2.21. The van der Waals surface area contributed by atoms with Crippen molar-refractivity contribution in [1.82, 2.24) is 5.32 Å². The van der Waals surface area contributed by atoms with Gasteiger partial charge in [-0.15, -0.1) is 0 Å². The molecule has 0 unspecified atom stereocenters. The molecule has 1 aliphatic rings. The normalized spacial score (nSPS) is 18.8. The van der Waals surface area contributed by atoms with Crippen molar-refractivity contribution in [2.75, 3.05) is 6.67 Å². The predicted molar refractivity (Wildman–Crippen MR) is 50.4 cm³/mol. The third kappa shape index (κ3) is 5.22. The Labute approximate surface area is 70.5 Å². The monoisotopic (exact) mass is 158 g/mol.